The molecule has 0 heterocycles. The minimum atomic E-state index is 0.111. The molecule has 0 aliphatic carbocycles. The van der Waals surface area contributed by atoms with E-state index in [9.17, 15) is 0 Å². The van der Waals surface area contributed by atoms with Crippen LogP contribution < -0.4 is 5.32 Å². The van der Waals surface area contributed by atoms with Gasteiger partial charge >= 0.3 is 0 Å². The molecule has 0 saturated carbocycles. The summed E-state index contributed by atoms with van der Waals surface area (Å²) >= 11 is 0. The third kappa shape index (κ3) is 5.61. The molecule has 0 aromatic heterocycles. The Morgan fingerprint density at radius 2 is 1.85 bits per heavy atom. The lowest BCUT2D eigenvalue weighted by Crippen LogP contribution is -2.36. The Morgan fingerprint density at radius 3 is 2.40 bits per heavy atom. The van der Waals surface area contributed by atoms with E-state index >= 15 is 0 Å². The molecule has 0 aliphatic heterocycles. The van der Waals surface area contributed by atoms with Crippen LogP contribution in [-0.4, -0.2) is 32.5 Å². The van der Waals surface area contributed by atoms with Gasteiger partial charge in [0.2, 0.25) is 0 Å². The summed E-state index contributed by atoms with van der Waals surface area (Å²) in [4.78, 5) is 0. The molecule has 3 atom stereocenters. The predicted octanol–water partition coefficient (Wildman–Crippen LogP) is 3.56. The Morgan fingerprint density at radius 1 is 1.15 bits per heavy atom. The van der Waals surface area contributed by atoms with Gasteiger partial charge in [-0.25, -0.2) is 0 Å². The molecule has 0 spiro atoms. The molecule has 0 saturated heterocycles. The molecule has 20 heavy (non-hydrogen) atoms. The lowest BCUT2D eigenvalue weighted by molar-refractivity contribution is -0.0552. The van der Waals surface area contributed by atoms with Gasteiger partial charge in [0.15, 0.2) is 0 Å². The van der Waals surface area contributed by atoms with E-state index in [1.807, 2.05) is 0 Å². The third-order valence-electron chi connectivity index (χ3n) is 3.36. The Bertz CT molecular complexity index is 342. The molecular formula is C17H29NO2. The van der Waals surface area contributed by atoms with Gasteiger partial charge in [-0.15, -0.1) is 0 Å². The maximum Gasteiger partial charge on any atom is 0.0785 e. The van der Waals surface area contributed by atoms with Gasteiger partial charge in [-0.1, -0.05) is 44.2 Å². The summed E-state index contributed by atoms with van der Waals surface area (Å²) in [5.41, 5.74) is 1.29. The van der Waals surface area contributed by atoms with E-state index in [1.165, 1.54) is 5.56 Å². The van der Waals surface area contributed by atoms with Gasteiger partial charge in [0.05, 0.1) is 24.9 Å². The molecule has 0 bridgehead atoms. The van der Waals surface area contributed by atoms with Gasteiger partial charge in [0.1, 0.15) is 0 Å². The topological polar surface area (TPSA) is 30.5 Å². The maximum atomic E-state index is 6.17. The normalized spacial score (nSPS) is 15.8. The van der Waals surface area contributed by atoms with Crippen molar-refractivity contribution >= 4 is 0 Å². The number of benzene rings is 1. The van der Waals surface area contributed by atoms with Crippen LogP contribution in [0.15, 0.2) is 30.3 Å². The Hall–Kier alpha value is -0.900. The van der Waals surface area contributed by atoms with Crippen molar-refractivity contribution in [1.82, 2.24) is 5.32 Å². The van der Waals surface area contributed by atoms with Crippen molar-refractivity contribution in [2.75, 3.05) is 20.3 Å². The van der Waals surface area contributed by atoms with Crippen LogP contribution in [0.25, 0.3) is 0 Å². The standard InChI is InChI=1S/C17H29NO2/c1-5-12-18-17(15-10-8-7-9-11-15)16(6-2)20-14(3)13-19-4/h7-11,14,16-18H,5-6,12-13H2,1-4H3. The van der Waals surface area contributed by atoms with Gasteiger partial charge in [0, 0.05) is 7.11 Å². The first-order chi connectivity index (χ1) is 9.72. The third-order valence-corrected chi connectivity index (χ3v) is 3.36. The highest BCUT2D eigenvalue weighted by Gasteiger charge is 2.23. The number of ether oxygens (including phenoxy) is 2. The van der Waals surface area contributed by atoms with E-state index in [0.29, 0.717) is 6.61 Å². The molecule has 1 aromatic carbocycles. The first-order valence-electron chi connectivity index (χ1n) is 7.65. The van der Waals surface area contributed by atoms with Crippen molar-refractivity contribution in [3.63, 3.8) is 0 Å². The SMILES string of the molecule is CCCNC(c1ccccc1)C(CC)OC(C)COC. The Kier molecular flexibility index (Phi) is 8.51. The minimum absolute atomic E-state index is 0.111. The summed E-state index contributed by atoms with van der Waals surface area (Å²) in [5, 5.41) is 3.62. The molecule has 0 radical (unpaired) electrons. The van der Waals surface area contributed by atoms with Crippen LogP contribution in [0.2, 0.25) is 0 Å². The lowest BCUT2D eigenvalue weighted by Gasteiger charge is -2.30. The fourth-order valence-electron chi connectivity index (χ4n) is 2.41. The van der Waals surface area contributed by atoms with Crippen LogP contribution in [0.4, 0.5) is 0 Å². The van der Waals surface area contributed by atoms with E-state index in [1.54, 1.807) is 7.11 Å². The molecule has 1 N–H and O–H groups in total. The van der Waals surface area contributed by atoms with Crippen molar-refractivity contribution < 1.29 is 9.47 Å². The number of hydrogen-bond acceptors (Lipinski definition) is 3. The van der Waals surface area contributed by atoms with Crippen molar-refractivity contribution in [3.05, 3.63) is 35.9 Å². The quantitative estimate of drug-likeness (QED) is 0.710. The summed E-state index contributed by atoms with van der Waals surface area (Å²) in [6, 6.07) is 10.8. The van der Waals surface area contributed by atoms with Crippen molar-refractivity contribution in [3.8, 4) is 0 Å². The van der Waals surface area contributed by atoms with Crippen molar-refractivity contribution in [1.29, 1.82) is 0 Å². The molecular weight excluding hydrogens is 250 g/mol. The largest absolute Gasteiger partial charge is 0.382 e. The maximum absolute atomic E-state index is 6.17. The first kappa shape index (κ1) is 17.2. The van der Waals surface area contributed by atoms with E-state index in [0.717, 1.165) is 19.4 Å². The van der Waals surface area contributed by atoms with Crippen LogP contribution in [0, 0.1) is 0 Å². The van der Waals surface area contributed by atoms with Crippen LogP contribution in [-0.2, 0) is 9.47 Å². The summed E-state index contributed by atoms with van der Waals surface area (Å²) in [6.07, 6.45) is 2.37. The molecule has 3 nitrogen and oxygen atoms in total. The Balaban J connectivity index is 2.78. The number of nitrogens with one attached hydrogen (secondary N) is 1. The lowest BCUT2D eigenvalue weighted by atomic mass is 9.99. The number of rotatable bonds is 10. The summed E-state index contributed by atoms with van der Waals surface area (Å²) in [6.45, 7) is 8.05. The van der Waals surface area contributed by atoms with Gasteiger partial charge < -0.3 is 14.8 Å². The second-order valence-electron chi connectivity index (χ2n) is 5.19. The smallest absolute Gasteiger partial charge is 0.0785 e. The minimum Gasteiger partial charge on any atom is -0.382 e. The first-order valence-corrected chi connectivity index (χ1v) is 7.65. The monoisotopic (exact) mass is 279 g/mol. The zero-order valence-corrected chi connectivity index (χ0v) is 13.3. The highest BCUT2D eigenvalue weighted by Crippen LogP contribution is 2.23. The molecule has 0 aliphatic rings. The zero-order valence-electron chi connectivity index (χ0n) is 13.3. The molecule has 1 rings (SSSR count). The highest BCUT2D eigenvalue weighted by molar-refractivity contribution is 5.20. The van der Waals surface area contributed by atoms with Crippen LogP contribution in [0.3, 0.4) is 0 Å². The summed E-state index contributed by atoms with van der Waals surface area (Å²) in [5.74, 6) is 0. The summed E-state index contributed by atoms with van der Waals surface area (Å²) < 4.78 is 11.3. The summed E-state index contributed by atoms with van der Waals surface area (Å²) in [7, 11) is 1.71. The molecule has 1 aromatic rings. The molecule has 0 fully saturated rings. The molecule has 0 amide bonds. The van der Waals surface area contributed by atoms with Crippen molar-refractivity contribution in [2.24, 2.45) is 0 Å². The van der Waals surface area contributed by atoms with Gasteiger partial charge in [-0.2, -0.15) is 0 Å². The predicted molar refractivity (Wildman–Crippen MR) is 84.0 cm³/mol. The Labute approximate surface area is 123 Å². The van der Waals surface area contributed by atoms with E-state index < -0.39 is 0 Å². The van der Waals surface area contributed by atoms with Crippen LogP contribution in [0.5, 0.6) is 0 Å². The second kappa shape index (κ2) is 9.92. The van der Waals surface area contributed by atoms with Gasteiger partial charge in [0.25, 0.3) is 0 Å². The number of methoxy groups -OCH3 is 1. The van der Waals surface area contributed by atoms with Crippen molar-refractivity contribution in [2.45, 2.75) is 51.9 Å². The average molecular weight is 279 g/mol. The molecule has 114 valence electrons. The molecule has 3 heteroatoms. The zero-order chi connectivity index (χ0) is 14.8. The fourth-order valence-corrected chi connectivity index (χ4v) is 2.41. The molecule has 3 unspecified atom stereocenters. The van der Waals surface area contributed by atoms with E-state index in [2.05, 4.69) is 56.4 Å². The average Bonchev–Trinajstić information content (AvgIpc) is 2.47. The fraction of sp³-hybridized carbons (Fsp3) is 0.647. The number of hydrogen-bond donors (Lipinski definition) is 1. The second-order valence-corrected chi connectivity index (χ2v) is 5.19. The van der Waals surface area contributed by atoms with Gasteiger partial charge in [-0.3, -0.25) is 0 Å². The van der Waals surface area contributed by atoms with Crippen LogP contribution in [0.1, 0.15) is 45.2 Å². The van der Waals surface area contributed by atoms with E-state index in [-0.39, 0.29) is 18.2 Å². The van der Waals surface area contributed by atoms with Crippen LogP contribution >= 0.6 is 0 Å². The van der Waals surface area contributed by atoms with Gasteiger partial charge in [-0.05, 0) is 31.9 Å². The van der Waals surface area contributed by atoms with E-state index in [4.69, 9.17) is 9.47 Å². The highest BCUT2D eigenvalue weighted by atomic mass is 16.5.